The Morgan fingerprint density at radius 2 is 2.60 bits per heavy atom. The Bertz CT molecular complexity index is 297. The Kier molecular flexibility index (Phi) is 1.69. The van der Waals surface area contributed by atoms with Gasteiger partial charge in [0.2, 0.25) is 0 Å². The number of carbonyl (C=O) groups is 1. The van der Waals surface area contributed by atoms with Crippen LogP contribution in [0.5, 0.6) is 0 Å². The fourth-order valence-electron chi connectivity index (χ4n) is 0.524. The van der Waals surface area contributed by atoms with Crippen molar-refractivity contribution < 1.29 is 4.79 Å². The molecular weight excluding hydrogens is 148 g/mol. The van der Waals surface area contributed by atoms with Gasteiger partial charge in [0.15, 0.2) is 5.69 Å². The summed E-state index contributed by atoms with van der Waals surface area (Å²) in [5.74, 6) is 1.74. The van der Waals surface area contributed by atoms with Gasteiger partial charge in [0.05, 0.1) is 5.51 Å². The summed E-state index contributed by atoms with van der Waals surface area (Å²) in [4.78, 5) is 14.7. The maximum absolute atomic E-state index is 10.5. The lowest BCUT2D eigenvalue weighted by Crippen LogP contribution is -2.12. The molecule has 10 heavy (non-hydrogen) atoms. The van der Waals surface area contributed by atoms with Crippen LogP contribution >= 0.6 is 11.3 Å². The highest BCUT2D eigenvalue weighted by molar-refractivity contribution is 7.10. The average molecular weight is 152 g/mol. The van der Waals surface area contributed by atoms with Crippen molar-refractivity contribution in [2.45, 2.75) is 0 Å². The van der Waals surface area contributed by atoms with Gasteiger partial charge < -0.3 is 5.73 Å². The first kappa shape index (κ1) is 6.78. The molecule has 2 N–H and O–H groups in total. The van der Waals surface area contributed by atoms with E-state index < -0.39 is 5.91 Å². The molecule has 0 aromatic carbocycles. The lowest BCUT2D eigenvalue weighted by molar-refractivity contribution is 0.0996. The predicted molar refractivity (Wildman–Crippen MR) is 38.6 cm³/mol. The number of primary amides is 1. The van der Waals surface area contributed by atoms with Crippen LogP contribution in [-0.2, 0) is 0 Å². The summed E-state index contributed by atoms with van der Waals surface area (Å²) in [7, 11) is 0. The van der Waals surface area contributed by atoms with Crippen molar-refractivity contribution in [3.8, 4) is 12.3 Å². The number of hydrogen-bond donors (Lipinski definition) is 1. The summed E-state index contributed by atoms with van der Waals surface area (Å²) in [6, 6.07) is 0. The first-order valence-corrected chi connectivity index (χ1v) is 3.33. The van der Waals surface area contributed by atoms with Gasteiger partial charge in [0.25, 0.3) is 5.91 Å². The molecule has 0 atom stereocenters. The zero-order valence-electron chi connectivity index (χ0n) is 5.00. The van der Waals surface area contributed by atoms with Gasteiger partial charge in [-0.25, -0.2) is 4.98 Å². The monoisotopic (exact) mass is 152 g/mol. The molecule has 1 amide bonds. The van der Waals surface area contributed by atoms with Crippen LogP contribution in [0.4, 0.5) is 0 Å². The van der Waals surface area contributed by atoms with Gasteiger partial charge in [-0.3, -0.25) is 4.79 Å². The maximum Gasteiger partial charge on any atom is 0.269 e. The molecule has 0 aliphatic rings. The number of thiazole rings is 1. The van der Waals surface area contributed by atoms with Crippen molar-refractivity contribution in [1.82, 2.24) is 4.98 Å². The van der Waals surface area contributed by atoms with E-state index >= 15 is 0 Å². The Labute approximate surface area is 61.9 Å². The number of amides is 1. The highest BCUT2D eigenvalue weighted by atomic mass is 32.1. The van der Waals surface area contributed by atoms with E-state index in [0.717, 1.165) is 0 Å². The molecule has 0 bridgehead atoms. The van der Waals surface area contributed by atoms with Crippen molar-refractivity contribution in [2.24, 2.45) is 5.73 Å². The second-order valence-corrected chi connectivity index (χ2v) is 2.39. The minimum absolute atomic E-state index is 0.188. The fourth-order valence-corrected chi connectivity index (χ4v) is 1.12. The van der Waals surface area contributed by atoms with Crippen LogP contribution in [0.25, 0.3) is 0 Å². The number of terminal acetylenes is 1. The van der Waals surface area contributed by atoms with Crippen LogP contribution in [0.1, 0.15) is 15.4 Å². The summed E-state index contributed by atoms with van der Waals surface area (Å²) < 4.78 is 0. The van der Waals surface area contributed by atoms with Crippen molar-refractivity contribution >= 4 is 17.2 Å². The maximum atomic E-state index is 10.5. The predicted octanol–water partition coefficient (Wildman–Crippen LogP) is 0.223. The van der Waals surface area contributed by atoms with Crippen LogP contribution in [0.3, 0.4) is 0 Å². The Morgan fingerprint density at radius 1 is 1.90 bits per heavy atom. The van der Waals surface area contributed by atoms with Crippen molar-refractivity contribution in [2.75, 3.05) is 0 Å². The third-order valence-corrected chi connectivity index (χ3v) is 1.69. The number of nitrogens with two attached hydrogens (primary N) is 1. The molecule has 0 aliphatic heterocycles. The summed E-state index contributed by atoms with van der Waals surface area (Å²) in [5, 5.41) is 0. The third kappa shape index (κ3) is 0.993. The number of aromatic nitrogens is 1. The molecule has 1 rings (SSSR count). The summed E-state index contributed by atoms with van der Waals surface area (Å²) in [5.41, 5.74) is 6.63. The van der Waals surface area contributed by atoms with Gasteiger partial charge in [-0.2, -0.15) is 0 Å². The van der Waals surface area contributed by atoms with Crippen LogP contribution in [0.15, 0.2) is 5.51 Å². The minimum atomic E-state index is -0.575. The molecule has 50 valence electrons. The van der Waals surface area contributed by atoms with Gasteiger partial charge in [0, 0.05) is 0 Å². The van der Waals surface area contributed by atoms with Crippen LogP contribution < -0.4 is 5.73 Å². The summed E-state index contributed by atoms with van der Waals surface area (Å²) >= 11 is 1.23. The van der Waals surface area contributed by atoms with E-state index in [0.29, 0.717) is 4.88 Å². The van der Waals surface area contributed by atoms with Gasteiger partial charge in [0.1, 0.15) is 4.88 Å². The average Bonchev–Trinajstić information content (AvgIpc) is 2.33. The largest absolute Gasteiger partial charge is 0.364 e. The zero-order valence-corrected chi connectivity index (χ0v) is 5.81. The Hall–Kier alpha value is -1.34. The molecule has 1 aromatic rings. The van der Waals surface area contributed by atoms with Gasteiger partial charge in [-0.05, 0) is 0 Å². The van der Waals surface area contributed by atoms with Gasteiger partial charge >= 0.3 is 0 Å². The first-order chi connectivity index (χ1) is 4.75. The van der Waals surface area contributed by atoms with Gasteiger partial charge in [-0.1, -0.05) is 5.92 Å². The van der Waals surface area contributed by atoms with Crippen molar-refractivity contribution in [3.63, 3.8) is 0 Å². The SMILES string of the molecule is C#Cc1scnc1C(N)=O. The first-order valence-electron chi connectivity index (χ1n) is 2.45. The zero-order chi connectivity index (χ0) is 7.56. The molecule has 0 unspecified atom stereocenters. The van der Waals surface area contributed by atoms with E-state index in [9.17, 15) is 4.79 Å². The molecule has 3 nitrogen and oxygen atoms in total. The standard InChI is InChI=1S/C6H4N2OS/c1-2-4-5(6(7)9)8-3-10-4/h1,3H,(H2,7,9). The fraction of sp³-hybridized carbons (Fsp3) is 0. The molecule has 0 fully saturated rings. The normalized spacial score (nSPS) is 8.70. The van der Waals surface area contributed by atoms with Gasteiger partial charge in [-0.15, -0.1) is 17.8 Å². The molecule has 0 radical (unpaired) electrons. The van der Waals surface area contributed by atoms with Crippen LogP contribution in [0, 0.1) is 12.3 Å². The van der Waals surface area contributed by atoms with E-state index in [1.54, 1.807) is 0 Å². The second-order valence-electron chi connectivity index (χ2n) is 1.54. The summed E-state index contributed by atoms with van der Waals surface area (Å²) in [6.07, 6.45) is 5.05. The highest BCUT2D eigenvalue weighted by Crippen LogP contribution is 2.09. The molecule has 0 saturated heterocycles. The Morgan fingerprint density at radius 3 is 3.00 bits per heavy atom. The van der Waals surface area contributed by atoms with E-state index in [4.69, 9.17) is 12.2 Å². The molecule has 0 aliphatic carbocycles. The summed E-state index contributed by atoms with van der Waals surface area (Å²) in [6.45, 7) is 0. The van der Waals surface area contributed by atoms with Crippen molar-refractivity contribution in [3.05, 3.63) is 16.1 Å². The van der Waals surface area contributed by atoms with Crippen LogP contribution in [-0.4, -0.2) is 10.9 Å². The molecular formula is C6H4N2OS. The number of carbonyl (C=O) groups excluding carboxylic acids is 1. The van der Waals surface area contributed by atoms with E-state index in [1.807, 2.05) is 0 Å². The number of nitrogens with zero attached hydrogens (tertiary/aromatic N) is 1. The van der Waals surface area contributed by atoms with E-state index in [-0.39, 0.29) is 5.69 Å². The lowest BCUT2D eigenvalue weighted by atomic mass is 10.3. The van der Waals surface area contributed by atoms with E-state index in [2.05, 4.69) is 10.9 Å². The molecule has 0 spiro atoms. The van der Waals surface area contributed by atoms with Crippen molar-refractivity contribution in [1.29, 1.82) is 0 Å². The number of rotatable bonds is 1. The molecule has 1 heterocycles. The molecule has 1 aromatic heterocycles. The lowest BCUT2D eigenvalue weighted by Gasteiger charge is -1.85. The molecule has 4 heteroatoms. The number of hydrogen-bond acceptors (Lipinski definition) is 3. The second kappa shape index (κ2) is 2.50. The van der Waals surface area contributed by atoms with Crippen LogP contribution in [0.2, 0.25) is 0 Å². The smallest absolute Gasteiger partial charge is 0.269 e. The minimum Gasteiger partial charge on any atom is -0.364 e. The van der Waals surface area contributed by atoms with E-state index in [1.165, 1.54) is 16.8 Å². The Balaban J connectivity index is 3.17. The molecule has 0 saturated carbocycles. The quantitative estimate of drug-likeness (QED) is 0.585. The topological polar surface area (TPSA) is 56.0 Å². The third-order valence-electron chi connectivity index (χ3n) is 0.932. The highest BCUT2D eigenvalue weighted by Gasteiger charge is 2.07.